The van der Waals surface area contributed by atoms with Gasteiger partial charge in [-0.25, -0.2) is 9.37 Å². The lowest BCUT2D eigenvalue weighted by molar-refractivity contribution is -0.137. The smallest absolute Gasteiger partial charge is 0.368 e. The van der Waals surface area contributed by atoms with E-state index in [4.69, 9.17) is 28.2 Å². The van der Waals surface area contributed by atoms with E-state index in [0.717, 1.165) is 34.6 Å². The molecular weight excluding hydrogens is 607 g/mol. The van der Waals surface area contributed by atoms with E-state index >= 15 is 0 Å². The van der Waals surface area contributed by atoms with E-state index in [0.29, 0.717) is 53.4 Å². The highest BCUT2D eigenvalue weighted by atomic mass is 35.5. The van der Waals surface area contributed by atoms with E-state index in [2.05, 4.69) is 20.4 Å². The van der Waals surface area contributed by atoms with Crippen LogP contribution in [0, 0.1) is 0 Å². The maximum absolute atomic E-state index is 13.9. The van der Waals surface area contributed by atoms with E-state index in [9.17, 15) is 22.4 Å². The molecule has 0 aliphatic carbocycles. The van der Waals surface area contributed by atoms with Crippen LogP contribution in [0.25, 0.3) is 11.0 Å². The fraction of sp³-hybridized carbons (Fsp3) is 0.333. The van der Waals surface area contributed by atoms with Gasteiger partial charge in [0, 0.05) is 45.5 Å². The lowest BCUT2D eigenvalue weighted by Crippen LogP contribution is -2.46. The molecule has 1 amide bonds. The molecular formula is C30H30Cl2F4N6O. The average molecular weight is 638 g/mol. The van der Waals surface area contributed by atoms with Crippen molar-refractivity contribution in [2.24, 2.45) is 7.05 Å². The van der Waals surface area contributed by atoms with Crippen LogP contribution in [-0.4, -0.2) is 47.3 Å². The molecule has 4 aromatic rings. The van der Waals surface area contributed by atoms with Gasteiger partial charge in [0.25, 0.3) is 5.91 Å². The summed E-state index contributed by atoms with van der Waals surface area (Å²) >= 11 is 13.1. The zero-order valence-corrected chi connectivity index (χ0v) is 25.2. The average Bonchev–Trinajstić information content (AvgIpc) is 3.25. The van der Waals surface area contributed by atoms with Gasteiger partial charge in [0.2, 0.25) is 5.95 Å². The molecule has 0 atom stereocenters. The maximum Gasteiger partial charge on any atom is 0.416 e. The summed E-state index contributed by atoms with van der Waals surface area (Å²) in [6.07, 6.45) is -4.36. The number of piperazine rings is 1. The van der Waals surface area contributed by atoms with Crippen LogP contribution in [0.15, 0.2) is 54.6 Å². The number of nitrogens with zero attached hydrogens (tertiary/aromatic N) is 4. The van der Waals surface area contributed by atoms with Gasteiger partial charge in [0.1, 0.15) is 0 Å². The number of halogens is 6. The number of fused-ring (bicyclic) bond motifs is 1. The summed E-state index contributed by atoms with van der Waals surface area (Å²) in [6.45, 7) is 5.03. The Morgan fingerprint density at radius 3 is 2.19 bits per heavy atom. The minimum atomic E-state index is -4.36. The van der Waals surface area contributed by atoms with Gasteiger partial charge < -0.3 is 25.0 Å². The molecule has 1 aromatic heterocycles. The molecule has 2 N–H and O–H groups in total. The second kappa shape index (κ2) is 11.8. The molecule has 0 saturated carbocycles. The van der Waals surface area contributed by atoms with Crippen LogP contribution in [0.1, 0.15) is 25.0 Å². The lowest BCUT2D eigenvalue weighted by Gasteiger charge is -2.37. The maximum atomic E-state index is 13.9. The zero-order chi connectivity index (χ0) is 31.1. The van der Waals surface area contributed by atoms with Crippen molar-refractivity contribution >= 4 is 63.2 Å². The Kier molecular flexibility index (Phi) is 8.41. The van der Waals surface area contributed by atoms with Crippen molar-refractivity contribution < 1.29 is 22.4 Å². The van der Waals surface area contributed by atoms with Crippen molar-refractivity contribution in [3.8, 4) is 0 Å². The molecule has 13 heteroatoms. The molecule has 43 heavy (non-hydrogen) atoms. The Morgan fingerprint density at radius 2 is 1.56 bits per heavy atom. The highest BCUT2D eigenvalue weighted by Crippen LogP contribution is 2.35. The summed E-state index contributed by atoms with van der Waals surface area (Å²) in [5.41, 5.74) is 1.72. The normalized spacial score (nSPS) is 14.3. The molecule has 1 fully saturated rings. The van der Waals surface area contributed by atoms with E-state index in [1.54, 1.807) is 24.3 Å². The third-order valence-electron chi connectivity index (χ3n) is 7.40. The number of nitrogens with one attached hydrogen (secondary N) is 2. The predicted octanol–water partition coefficient (Wildman–Crippen LogP) is 7.33. The van der Waals surface area contributed by atoms with Crippen LogP contribution in [0.4, 0.5) is 40.6 Å². The minimum absolute atomic E-state index is 0.131. The van der Waals surface area contributed by atoms with Gasteiger partial charge in [-0.1, -0.05) is 29.3 Å². The SMILES string of the molecule is Cn1c(Nc2cc(CNC(=O)C(C)(C)F)ccc2Cl)nc2cc(Cl)c(N3CCN(c4ccc(C(F)(F)F)cc4)CC3)cc21. The van der Waals surface area contributed by atoms with E-state index in [-0.39, 0.29) is 6.54 Å². The number of rotatable bonds is 7. The molecule has 0 spiro atoms. The number of imidazole rings is 1. The quantitative estimate of drug-likeness (QED) is 0.208. The zero-order valence-electron chi connectivity index (χ0n) is 23.7. The van der Waals surface area contributed by atoms with Gasteiger partial charge in [0.15, 0.2) is 5.67 Å². The molecule has 228 valence electrons. The number of aromatic nitrogens is 2. The van der Waals surface area contributed by atoms with Gasteiger partial charge in [0.05, 0.1) is 38.0 Å². The van der Waals surface area contributed by atoms with E-state index in [1.165, 1.54) is 26.0 Å². The van der Waals surface area contributed by atoms with Gasteiger partial charge >= 0.3 is 6.18 Å². The number of carbonyl (C=O) groups is 1. The fourth-order valence-corrected chi connectivity index (χ4v) is 5.36. The monoisotopic (exact) mass is 636 g/mol. The van der Waals surface area contributed by atoms with Gasteiger partial charge in [-0.05, 0) is 67.9 Å². The topological polar surface area (TPSA) is 65.4 Å². The second-order valence-corrected chi connectivity index (χ2v) is 11.7. The Bertz CT molecular complexity index is 1640. The highest BCUT2D eigenvalue weighted by Gasteiger charge is 2.30. The largest absolute Gasteiger partial charge is 0.416 e. The van der Waals surface area contributed by atoms with Crippen molar-refractivity contribution in [2.45, 2.75) is 32.2 Å². The fourth-order valence-electron chi connectivity index (χ4n) is 4.91. The molecule has 3 aromatic carbocycles. The number of alkyl halides is 4. The van der Waals surface area contributed by atoms with Gasteiger partial charge in [-0.15, -0.1) is 0 Å². The molecule has 1 saturated heterocycles. The summed E-state index contributed by atoms with van der Waals surface area (Å²) in [4.78, 5) is 20.8. The van der Waals surface area contributed by atoms with Crippen molar-refractivity contribution in [1.82, 2.24) is 14.9 Å². The number of benzene rings is 3. The minimum Gasteiger partial charge on any atom is -0.368 e. The van der Waals surface area contributed by atoms with Crippen LogP contribution < -0.4 is 20.4 Å². The van der Waals surface area contributed by atoms with Crippen molar-refractivity contribution in [2.75, 3.05) is 41.3 Å². The summed E-state index contributed by atoms with van der Waals surface area (Å²) in [6, 6.07) is 14.2. The number of hydrogen-bond acceptors (Lipinski definition) is 5. The first-order chi connectivity index (χ1) is 20.2. The predicted molar refractivity (Wildman–Crippen MR) is 163 cm³/mol. The van der Waals surface area contributed by atoms with Crippen LogP contribution in [-0.2, 0) is 24.6 Å². The Labute approximate surface area is 256 Å². The number of hydrogen-bond donors (Lipinski definition) is 2. The Hall–Kier alpha value is -3.70. The van der Waals surface area contributed by atoms with Crippen LogP contribution in [0.5, 0.6) is 0 Å². The third kappa shape index (κ3) is 6.78. The first-order valence-electron chi connectivity index (χ1n) is 13.6. The van der Waals surface area contributed by atoms with Crippen LogP contribution in [0.2, 0.25) is 10.0 Å². The highest BCUT2D eigenvalue weighted by molar-refractivity contribution is 6.34. The first kappa shape index (κ1) is 30.7. The molecule has 5 rings (SSSR count). The summed E-state index contributed by atoms with van der Waals surface area (Å²) < 4.78 is 54.6. The third-order valence-corrected chi connectivity index (χ3v) is 8.03. The first-order valence-corrected chi connectivity index (χ1v) is 14.3. The molecule has 0 bridgehead atoms. The van der Waals surface area contributed by atoms with E-state index in [1.807, 2.05) is 17.7 Å². The Balaban J connectivity index is 1.30. The van der Waals surface area contributed by atoms with Gasteiger partial charge in [-0.2, -0.15) is 13.2 Å². The molecule has 0 unspecified atom stereocenters. The van der Waals surface area contributed by atoms with Crippen molar-refractivity contribution in [3.05, 3.63) is 75.8 Å². The number of carbonyl (C=O) groups excluding carboxylic acids is 1. The standard InChI is InChI=1S/C30H30Cl2F4N6O/c1-29(2,33)27(43)37-17-18-4-9-21(31)23(14-18)38-28-39-24-15-22(32)25(16-26(24)40(28)3)42-12-10-41(11-13-42)20-7-5-19(6-8-20)30(34,35)36/h4-9,14-16H,10-13,17H2,1-3H3,(H,37,43)(H,38,39). The van der Waals surface area contributed by atoms with Crippen LogP contribution >= 0.6 is 23.2 Å². The molecule has 7 nitrogen and oxygen atoms in total. The van der Waals surface area contributed by atoms with Gasteiger partial charge in [-0.3, -0.25) is 4.79 Å². The Morgan fingerprint density at radius 1 is 0.907 bits per heavy atom. The lowest BCUT2D eigenvalue weighted by atomic mass is 10.1. The summed E-state index contributed by atoms with van der Waals surface area (Å²) in [5, 5.41) is 6.80. The van der Waals surface area contributed by atoms with Crippen molar-refractivity contribution in [1.29, 1.82) is 0 Å². The molecule has 1 aliphatic rings. The number of anilines is 4. The van der Waals surface area contributed by atoms with Crippen molar-refractivity contribution in [3.63, 3.8) is 0 Å². The summed E-state index contributed by atoms with van der Waals surface area (Å²) in [5.74, 6) is -0.190. The van der Waals surface area contributed by atoms with Crippen LogP contribution in [0.3, 0.4) is 0 Å². The molecule has 2 heterocycles. The second-order valence-electron chi connectivity index (χ2n) is 10.9. The number of amides is 1. The molecule has 0 radical (unpaired) electrons. The van der Waals surface area contributed by atoms with E-state index < -0.39 is 23.3 Å². The molecule has 1 aliphatic heterocycles. The summed E-state index contributed by atoms with van der Waals surface area (Å²) in [7, 11) is 1.86. The number of aryl methyl sites for hydroxylation is 1.